The Kier molecular flexibility index (Phi) is 5.20. The second-order valence-electron chi connectivity index (χ2n) is 4.98. The van der Waals surface area contributed by atoms with Gasteiger partial charge in [-0.25, -0.2) is 4.98 Å². The maximum Gasteiger partial charge on any atom is 0.416 e. The van der Waals surface area contributed by atoms with Gasteiger partial charge < -0.3 is 5.32 Å². The van der Waals surface area contributed by atoms with Crippen molar-refractivity contribution in [2.24, 2.45) is 0 Å². The first-order valence-electron chi connectivity index (χ1n) is 6.83. The number of nitrogens with one attached hydrogen (secondary N) is 1. The molecule has 3 nitrogen and oxygen atoms in total. The van der Waals surface area contributed by atoms with Crippen molar-refractivity contribution in [3.05, 3.63) is 57.6 Å². The quantitative estimate of drug-likeness (QED) is 0.840. The maximum absolute atomic E-state index is 12.7. The highest BCUT2D eigenvalue weighted by atomic mass is 32.1. The summed E-state index contributed by atoms with van der Waals surface area (Å²) < 4.78 is 38.1. The van der Waals surface area contributed by atoms with E-state index in [1.165, 1.54) is 23.5 Å². The van der Waals surface area contributed by atoms with Crippen LogP contribution in [0, 0.1) is 6.92 Å². The van der Waals surface area contributed by atoms with Crippen LogP contribution in [0.3, 0.4) is 0 Å². The van der Waals surface area contributed by atoms with Gasteiger partial charge in [0.15, 0.2) is 0 Å². The van der Waals surface area contributed by atoms with Gasteiger partial charge in [0.2, 0.25) is 5.91 Å². The number of alkyl halides is 3. The van der Waals surface area contributed by atoms with Gasteiger partial charge in [-0.05, 0) is 37.6 Å². The number of rotatable bonds is 4. The van der Waals surface area contributed by atoms with E-state index in [0.29, 0.717) is 11.3 Å². The number of hydrogen-bond donors (Lipinski definition) is 1. The Balaban J connectivity index is 2.02. The fourth-order valence-electron chi connectivity index (χ4n) is 1.95. The molecule has 23 heavy (non-hydrogen) atoms. The number of carbonyl (C=O) groups is 1. The molecule has 0 radical (unpaired) electrons. The summed E-state index contributed by atoms with van der Waals surface area (Å²) in [7, 11) is 0. The van der Waals surface area contributed by atoms with Crippen LogP contribution in [0.1, 0.15) is 34.8 Å². The number of nitrogens with zero attached hydrogens (tertiary/aromatic N) is 1. The first-order chi connectivity index (χ1) is 10.8. The summed E-state index contributed by atoms with van der Waals surface area (Å²) in [6, 6.07) is 4.38. The molecule has 1 N–H and O–H groups in total. The third-order valence-electron chi connectivity index (χ3n) is 3.11. The molecule has 0 aliphatic rings. The van der Waals surface area contributed by atoms with E-state index in [9.17, 15) is 18.0 Å². The summed E-state index contributed by atoms with van der Waals surface area (Å²) in [5.74, 6) is -0.388. The molecule has 122 valence electrons. The maximum atomic E-state index is 12.7. The van der Waals surface area contributed by atoms with E-state index in [1.807, 2.05) is 12.3 Å². The van der Waals surface area contributed by atoms with Crippen LogP contribution in [0.5, 0.6) is 0 Å². The third-order valence-corrected chi connectivity index (χ3v) is 3.91. The molecule has 2 aromatic rings. The highest BCUT2D eigenvalue weighted by Gasteiger charge is 2.30. The lowest BCUT2D eigenvalue weighted by atomic mass is 10.0. The smallest absolute Gasteiger partial charge is 0.346 e. The number of benzene rings is 1. The second kappa shape index (κ2) is 6.95. The Bertz CT molecular complexity index is 722. The molecule has 1 aromatic heterocycles. The summed E-state index contributed by atoms with van der Waals surface area (Å²) in [4.78, 5) is 16.0. The van der Waals surface area contributed by atoms with Gasteiger partial charge in [0.25, 0.3) is 0 Å². The van der Waals surface area contributed by atoms with Crippen LogP contribution in [-0.4, -0.2) is 10.9 Å². The Morgan fingerprint density at radius 2 is 2.13 bits per heavy atom. The molecule has 0 fully saturated rings. The van der Waals surface area contributed by atoms with Gasteiger partial charge in [-0.3, -0.25) is 4.79 Å². The van der Waals surface area contributed by atoms with Gasteiger partial charge in [-0.1, -0.05) is 12.1 Å². The molecule has 0 aliphatic carbocycles. The van der Waals surface area contributed by atoms with E-state index in [4.69, 9.17) is 0 Å². The number of aromatic nitrogens is 1. The molecule has 7 heteroatoms. The zero-order valence-corrected chi connectivity index (χ0v) is 13.3. The van der Waals surface area contributed by atoms with Crippen LogP contribution in [0.2, 0.25) is 0 Å². The molecule has 1 heterocycles. The number of halogens is 3. The van der Waals surface area contributed by atoms with Crippen LogP contribution >= 0.6 is 11.3 Å². The van der Waals surface area contributed by atoms with Gasteiger partial charge in [-0.15, -0.1) is 11.3 Å². The van der Waals surface area contributed by atoms with E-state index in [0.717, 1.165) is 17.1 Å². The molecule has 0 bridgehead atoms. The largest absolute Gasteiger partial charge is 0.416 e. The lowest BCUT2D eigenvalue weighted by molar-refractivity contribution is -0.137. The fraction of sp³-hybridized carbons (Fsp3) is 0.250. The van der Waals surface area contributed by atoms with Crippen LogP contribution in [0.15, 0.2) is 35.7 Å². The van der Waals surface area contributed by atoms with Gasteiger partial charge in [0.05, 0.1) is 22.3 Å². The summed E-state index contributed by atoms with van der Waals surface area (Å²) in [5, 5.41) is 5.34. The second-order valence-corrected chi connectivity index (χ2v) is 6.04. The van der Waals surface area contributed by atoms with Crippen molar-refractivity contribution in [1.82, 2.24) is 10.3 Å². The van der Waals surface area contributed by atoms with Gasteiger partial charge in [-0.2, -0.15) is 13.2 Å². The average molecular weight is 340 g/mol. The van der Waals surface area contributed by atoms with Crippen molar-refractivity contribution in [3.8, 4) is 0 Å². The number of hydrogen-bond acceptors (Lipinski definition) is 3. The molecule has 2 rings (SSSR count). The number of carbonyl (C=O) groups excluding carboxylic acids is 1. The van der Waals surface area contributed by atoms with Gasteiger partial charge in [0.1, 0.15) is 0 Å². The van der Waals surface area contributed by atoms with Crippen molar-refractivity contribution >= 4 is 23.3 Å². The molecule has 0 aliphatic heterocycles. The fourth-order valence-corrected chi connectivity index (χ4v) is 2.53. The molecule has 1 unspecified atom stereocenters. The molecule has 1 amide bonds. The topological polar surface area (TPSA) is 42.0 Å². The molecule has 1 atom stereocenters. The summed E-state index contributed by atoms with van der Waals surface area (Å²) in [6.07, 6.45) is -1.52. The number of thiazole rings is 1. The molecular formula is C16H15F3N2OS. The zero-order valence-electron chi connectivity index (χ0n) is 12.5. The predicted octanol–water partition coefficient (Wildman–Crippen LogP) is 4.36. The SMILES string of the molecule is Cc1nc(/C=C/C(=O)NC(C)c2cccc(C(F)(F)F)c2)cs1. The summed E-state index contributed by atoms with van der Waals surface area (Å²) >= 11 is 1.47. The van der Waals surface area contributed by atoms with Crippen LogP contribution in [-0.2, 0) is 11.0 Å². The van der Waals surface area contributed by atoms with Crippen LogP contribution in [0.25, 0.3) is 6.08 Å². The Morgan fingerprint density at radius 3 is 2.74 bits per heavy atom. The Morgan fingerprint density at radius 1 is 1.39 bits per heavy atom. The molecular weight excluding hydrogens is 325 g/mol. The van der Waals surface area contributed by atoms with Gasteiger partial charge >= 0.3 is 6.18 Å². The van der Waals surface area contributed by atoms with E-state index in [-0.39, 0.29) is 5.91 Å². The van der Waals surface area contributed by atoms with Crippen LogP contribution in [0.4, 0.5) is 13.2 Å². The number of aryl methyl sites for hydroxylation is 1. The zero-order chi connectivity index (χ0) is 17.0. The van der Waals surface area contributed by atoms with E-state index in [1.54, 1.807) is 19.1 Å². The highest BCUT2D eigenvalue weighted by molar-refractivity contribution is 7.09. The van der Waals surface area contributed by atoms with Crippen molar-refractivity contribution in [3.63, 3.8) is 0 Å². The minimum atomic E-state index is -4.40. The lowest BCUT2D eigenvalue weighted by Crippen LogP contribution is -2.24. The van der Waals surface area contributed by atoms with Gasteiger partial charge in [0, 0.05) is 11.5 Å². The van der Waals surface area contributed by atoms with Crippen molar-refractivity contribution in [1.29, 1.82) is 0 Å². The normalized spacial score (nSPS) is 13.3. The predicted molar refractivity (Wildman–Crippen MR) is 83.9 cm³/mol. The van der Waals surface area contributed by atoms with E-state index >= 15 is 0 Å². The molecule has 0 saturated carbocycles. The standard InChI is InChI=1S/C16H15F3N2OS/c1-10(12-4-3-5-13(8-12)16(17,18)19)20-15(22)7-6-14-9-23-11(2)21-14/h3-10H,1-2H3,(H,20,22)/b7-6+. The van der Waals surface area contributed by atoms with E-state index < -0.39 is 17.8 Å². The minimum Gasteiger partial charge on any atom is -0.346 e. The van der Waals surface area contributed by atoms with Crippen molar-refractivity contribution in [2.75, 3.05) is 0 Å². The molecule has 1 aromatic carbocycles. The summed E-state index contributed by atoms with van der Waals surface area (Å²) in [5.41, 5.74) is 0.338. The van der Waals surface area contributed by atoms with Crippen molar-refractivity contribution < 1.29 is 18.0 Å². The monoisotopic (exact) mass is 340 g/mol. The van der Waals surface area contributed by atoms with Crippen molar-refractivity contribution in [2.45, 2.75) is 26.1 Å². The average Bonchev–Trinajstić information content (AvgIpc) is 2.90. The van der Waals surface area contributed by atoms with E-state index in [2.05, 4.69) is 10.3 Å². The first kappa shape index (κ1) is 17.2. The highest BCUT2D eigenvalue weighted by Crippen LogP contribution is 2.30. The van der Waals surface area contributed by atoms with Crippen LogP contribution < -0.4 is 5.32 Å². The Hall–Kier alpha value is -2.15. The number of amides is 1. The first-order valence-corrected chi connectivity index (χ1v) is 7.71. The summed E-state index contributed by atoms with van der Waals surface area (Å²) in [6.45, 7) is 3.49. The lowest BCUT2D eigenvalue weighted by Gasteiger charge is -2.15. The Labute approximate surface area is 135 Å². The molecule has 0 spiro atoms. The molecule has 0 saturated heterocycles. The minimum absolute atomic E-state index is 0.388. The third kappa shape index (κ3) is 4.92.